The summed E-state index contributed by atoms with van der Waals surface area (Å²) in [6, 6.07) is 22.0. The SMILES string of the molecule is O=C(O)CCCCc1nc2cc(C(=O)N[C@@H]3CC(=O)Nc4ccccc43)ccc2nc1-c1ccccc1. The van der Waals surface area contributed by atoms with Crippen LogP contribution in [0.2, 0.25) is 0 Å². The molecule has 2 heterocycles. The maximum atomic E-state index is 13.2. The lowest BCUT2D eigenvalue weighted by Crippen LogP contribution is -2.35. The highest BCUT2D eigenvalue weighted by Gasteiger charge is 2.26. The first-order chi connectivity index (χ1) is 18.0. The third-order valence-corrected chi connectivity index (χ3v) is 6.41. The van der Waals surface area contributed by atoms with Gasteiger partial charge in [0.2, 0.25) is 5.91 Å². The average molecular weight is 495 g/mol. The Morgan fingerprint density at radius 3 is 2.54 bits per heavy atom. The molecule has 5 rings (SSSR count). The number of fused-ring (bicyclic) bond motifs is 2. The zero-order chi connectivity index (χ0) is 25.8. The van der Waals surface area contributed by atoms with Crippen LogP contribution in [0.4, 0.5) is 5.69 Å². The van der Waals surface area contributed by atoms with Gasteiger partial charge in [-0.05, 0) is 49.1 Å². The van der Waals surface area contributed by atoms with Crippen LogP contribution in [0.1, 0.15) is 53.3 Å². The first-order valence-electron chi connectivity index (χ1n) is 12.3. The van der Waals surface area contributed by atoms with E-state index in [0.717, 1.165) is 22.5 Å². The minimum absolute atomic E-state index is 0.105. The molecule has 0 saturated heterocycles. The molecule has 3 N–H and O–H groups in total. The number of carbonyl (C=O) groups is 3. The molecule has 186 valence electrons. The Morgan fingerprint density at radius 2 is 1.73 bits per heavy atom. The van der Waals surface area contributed by atoms with Gasteiger partial charge in [0.15, 0.2) is 0 Å². The van der Waals surface area contributed by atoms with Gasteiger partial charge in [-0.15, -0.1) is 0 Å². The number of aliphatic carboxylic acids is 1. The summed E-state index contributed by atoms with van der Waals surface area (Å²) in [6.07, 6.45) is 2.05. The van der Waals surface area contributed by atoms with E-state index in [1.54, 1.807) is 18.2 Å². The van der Waals surface area contributed by atoms with Crippen molar-refractivity contribution in [2.45, 2.75) is 38.1 Å². The van der Waals surface area contributed by atoms with Crippen molar-refractivity contribution in [3.63, 3.8) is 0 Å². The van der Waals surface area contributed by atoms with Crippen molar-refractivity contribution in [3.05, 3.63) is 89.6 Å². The first kappa shape index (κ1) is 24.1. The highest BCUT2D eigenvalue weighted by Crippen LogP contribution is 2.30. The number of hydrogen-bond acceptors (Lipinski definition) is 5. The van der Waals surface area contributed by atoms with Crippen molar-refractivity contribution in [1.82, 2.24) is 15.3 Å². The van der Waals surface area contributed by atoms with Crippen molar-refractivity contribution >= 4 is 34.5 Å². The Hall–Kier alpha value is -4.59. The van der Waals surface area contributed by atoms with Gasteiger partial charge in [0, 0.05) is 23.2 Å². The molecule has 8 nitrogen and oxygen atoms in total. The zero-order valence-electron chi connectivity index (χ0n) is 20.1. The molecule has 1 aromatic heterocycles. The number of aryl methyl sites for hydroxylation is 1. The van der Waals surface area contributed by atoms with Gasteiger partial charge in [-0.1, -0.05) is 48.5 Å². The van der Waals surface area contributed by atoms with E-state index in [1.165, 1.54) is 0 Å². The Balaban J connectivity index is 1.43. The van der Waals surface area contributed by atoms with Crippen molar-refractivity contribution in [2.75, 3.05) is 5.32 Å². The summed E-state index contributed by atoms with van der Waals surface area (Å²) in [4.78, 5) is 45.9. The van der Waals surface area contributed by atoms with Crippen LogP contribution in [0.5, 0.6) is 0 Å². The molecular formula is C29H26N4O4. The van der Waals surface area contributed by atoms with Crippen molar-refractivity contribution in [3.8, 4) is 11.3 Å². The quantitative estimate of drug-likeness (QED) is 0.299. The topological polar surface area (TPSA) is 121 Å². The largest absolute Gasteiger partial charge is 0.481 e. The molecule has 0 radical (unpaired) electrons. The molecule has 0 aliphatic carbocycles. The second-order valence-corrected chi connectivity index (χ2v) is 9.05. The Morgan fingerprint density at radius 1 is 0.946 bits per heavy atom. The standard InChI is InChI=1S/C29H26N4O4/c34-26-17-24(20-10-4-5-11-21(20)31-26)33-29(37)19-14-15-22-25(16-19)30-23(12-6-7-13-27(35)36)28(32-22)18-8-2-1-3-9-18/h1-5,8-11,14-16,24H,6-7,12-13,17H2,(H,31,34)(H,33,37)(H,35,36)/t24-/m1/s1. The average Bonchev–Trinajstić information content (AvgIpc) is 2.90. The molecule has 0 bridgehead atoms. The molecule has 4 aromatic rings. The molecule has 37 heavy (non-hydrogen) atoms. The summed E-state index contributed by atoms with van der Waals surface area (Å²) in [5.41, 5.74) is 5.69. The number of para-hydroxylation sites is 1. The Labute approximate surface area is 213 Å². The summed E-state index contributed by atoms with van der Waals surface area (Å²) in [7, 11) is 0. The maximum absolute atomic E-state index is 13.2. The first-order valence-corrected chi connectivity index (χ1v) is 12.3. The summed E-state index contributed by atoms with van der Waals surface area (Å²) in [6.45, 7) is 0. The van der Waals surface area contributed by atoms with E-state index in [1.807, 2.05) is 54.6 Å². The van der Waals surface area contributed by atoms with Gasteiger partial charge >= 0.3 is 5.97 Å². The van der Waals surface area contributed by atoms with Gasteiger partial charge in [-0.3, -0.25) is 14.4 Å². The van der Waals surface area contributed by atoms with Crippen LogP contribution in [-0.2, 0) is 16.0 Å². The number of carbonyl (C=O) groups excluding carboxylic acids is 2. The Bertz CT molecular complexity index is 1490. The van der Waals surface area contributed by atoms with Crippen LogP contribution in [0, 0.1) is 0 Å². The molecular weight excluding hydrogens is 468 g/mol. The molecule has 1 aliphatic rings. The van der Waals surface area contributed by atoms with Gasteiger partial charge in [0.25, 0.3) is 5.91 Å². The highest BCUT2D eigenvalue weighted by molar-refractivity contribution is 5.99. The second kappa shape index (κ2) is 10.6. The fraction of sp³-hybridized carbons (Fsp3) is 0.207. The minimum Gasteiger partial charge on any atom is -0.481 e. The predicted molar refractivity (Wildman–Crippen MR) is 140 cm³/mol. The number of aromatic nitrogens is 2. The molecule has 1 atom stereocenters. The minimum atomic E-state index is -0.818. The summed E-state index contributed by atoms with van der Waals surface area (Å²) in [5, 5.41) is 14.8. The van der Waals surface area contributed by atoms with Crippen LogP contribution in [-0.4, -0.2) is 32.9 Å². The van der Waals surface area contributed by atoms with Crippen LogP contribution in [0.3, 0.4) is 0 Å². The lowest BCUT2D eigenvalue weighted by Gasteiger charge is -2.26. The Kier molecular flexibility index (Phi) is 6.89. The van der Waals surface area contributed by atoms with Crippen molar-refractivity contribution in [2.24, 2.45) is 0 Å². The molecule has 1 aliphatic heterocycles. The van der Waals surface area contributed by atoms with Crippen molar-refractivity contribution in [1.29, 1.82) is 0 Å². The van der Waals surface area contributed by atoms with E-state index in [-0.39, 0.29) is 24.7 Å². The normalized spacial score (nSPS) is 14.6. The van der Waals surface area contributed by atoms with E-state index in [9.17, 15) is 14.4 Å². The lowest BCUT2D eigenvalue weighted by molar-refractivity contribution is -0.137. The number of hydrogen-bond donors (Lipinski definition) is 3. The van der Waals surface area contributed by atoms with Crippen LogP contribution in [0.15, 0.2) is 72.8 Å². The van der Waals surface area contributed by atoms with Crippen molar-refractivity contribution < 1.29 is 19.5 Å². The molecule has 0 spiro atoms. The fourth-order valence-corrected chi connectivity index (χ4v) is 4.58. The van der Waals surface area contributed by atoms with Gasteiger partial charge in [-0.25, -0.2) is 9.97 Å². The molecule has 0 saturated carbocycles. The number of unbranched alkanes of at least 4 members (excludes halogenated alkanes) is 1. The molecule has 0 unspecified atom stereocenters. The van der Waals surface area contributed by atoms with E-state index < -0.39 is 12.0 Å². The summed E-state index contributed by atoms with van der Waals surface area (Å²) < 4.78 is 0. The number of nitrogens with one attached hydrogen (secondary N) is 2. The van der Waals surface area contributed by atoms with Crippen LogP contribution in [0.25, 0.3) is 22.3 Å². The van der Waals surface area contributed by atoms with E-state index in [4.69, 9.17) is 15.1 Å². The molecule has 3 aromatic carbocycles. The van der Waals surface area contributed by atoms with Gasteiger partial charge in [0.05, 0.1) is 34.9 Å². The number of anilines is 1. The summed E-state index contributed by atoms with van der Waals surface area (Å²) >= 11 is 0. The van der Waals surface area contributed by atoms with Gasteiger partial charge < -0.3 is 15.7 Å². The number of benzene rings is 3. The summed E-state index contributed by atoms with van der Waals surface area (Å²) in [5.74, 6) is -1.26. The molecule has 8 heteroatoms. The second-order valence-electron chi connectivity index (χ2n) is 9.05. The smallest absolute Gasteiger partial charge is 0.303 e. The number of carboxylic acids is 1. The van der Waals surface area contributed by atoms with Crippen LogP contribution >= 0.6 is 0 Å². The number of nitrogens with zero attached hydrogens (tertiary/aromatic N) is 2. The highest BCUT2D eigenvalue weighted by atomic mass is 16.4. The molecule has 2 amide bonds. The molecule has 0 fully saturated rings. The fourth-order valence-electron chi connectivity index (χ4n) is 4.58. The van der Waals surface area contributed by atoms with E-state index in [2.05, 4.69) is 10.6 Å². The monoisotopic (exact) mass is 494 g/mol. The maximum Gasteiger partial charge on any atom is 0.303 e. The van der Waals surface area contributed by atoms with E-state index >= 15 is 0 Å². The van der Waals surface area contributed by atoms with Crippen LogP contribution < -0.4 is 10.6 Å². The van der Waals surface area contributed by atoms with E-state index in [0.29, 0.717) is 41.5 Å². The lowest BCUT2D eigenvalue weighted by atomic mass is 9.97. The zero-order valence-corrected chi connectivity index (χ0v) is 20.1. The van der Waals surface area contributed by atoms with Gasteiger partial charge in [0.1, 0.15) is 0 Å². The predicted octanol–water partition coefficient (Wildman–Crippen LogP) is 4.91. The third kappa shape index (κ3) is 5.48. The third-order valence-electron chi connectivity index (χ3n) is 6.41. The number of carboxylic acid groups (broad SMARTS) is 1. The number of rotatable bonds is 8. The van der Waals surface area contributed by atoms with Gasteiger partial charge in [-0.2, -0.15) is 0 Å². The number of amides is 2.